The van der Waals surface area contributed by atoms with Gasteiger partial charge in [0.25, 0.3) is 0 Å². The van der Waals surface area contributed by atoms with Crippen LogP contribution in [0.5, 0.6) is 5.75 Å². The van der Waals surface area contributed by atoms with E-state index in [1.165, 1.54) is 6.07 Å². The van der Waals surface area contributed by atoms with Crippen LogP contribution in [-0.4, -0.2) is 5.11 Å². The minimum Gasteiger partial charge on any atom is -0.488 e. The monoisotopic (exact) mass is 280 g/mol. The molecule has 0 aromatic heterocycles. The van der Waals surface area contributed by atoms with Gasteiger partial charge in [-0.3, -0.25) is 0 Å². The molecule has 1 N–H and O–H groups in total. The van der Waals surface area contributed by atoms with Crippen molar-refractivity contribution in [2.45, 2.75) is 19.6 Å². The van der Waals surface area contributed by atoms with Gasteiger partial charge in [0.2, 0.25) is 0 Å². The molecule has 1 atom stereocenters. The van der Waals surface area contributed by atoms with Gasteiger partial charge < -0.3 is 9.84 Å². The molecule has 0 saturated carbocycles. The molecule has 0 aliphatic heterocycles. The van der Waals surface area contributed by atoms with E-state index >= 15 is 0 Å². The Bertz CT molecular complexity index is 570. The molecule has 2 rings (SSSR count). The molecule has 2 aromatic carbocycles. The fourth-order valence-corrected chi connectivity index (χ4v) is 1.97. The average Bonchev–Trinajstić information content (AvgIpc) is 2.40. The van der Waals surface area contributed by atoms with Crippen molar-refractivity contribution in [1.29, 1.82) is 0 Å². The molecule has 19 heavy (non-hydrogen) atoms. The third-order valence-corrected chi connectivity index (χ3v) is 3.08. The van der Waals surface area contributed by atoms with E-state index in [1.54, 1.807) is 37.3 Å². The van der Waals surface area contributed by atoms with E-state index in [0.717, 1.165) is 0 Å². The topological polar surface area (TPSA) is 29.5 Å². The number of hydrogen-bond acceptors (Lipinski definition) is 2. The van der Waals surface area contributed by atoms with Crippen LogP contribution in [0.15, 0.2) is 42.5 Å². The van der Waals surface area contributed by atoms with Gasteiger partial charge >= 0.3 is 0 Å². The lowest BCUT2D eigenvalue weighted by atomic mass is 10.1. The minimum atomic E-state index is -0.639. The Labute approximate surface area is 116 Å². The van der Waals surface area contributed by atoms with Crippen molar-refractivity contribution >= 4 is 11.6 Å². The highest BCUT2D eigenvalue weighted by atomic mass is 35.5. The highest BCUT2D eigenvalue weighted by molar-refractivity contribution is 6.30. The van der Waals surface area contributed by atoms with E-state index in [4.69, 9.17) is 16.3 Å². The van der Waals surface area contributed by atoms with Crippen LogP contribution in [0, 0.1) is 5.82 Å². The Morgan fingerprint density at radius 3 is 2.68 bits per heavy atom. The van der Waals surface area contributed by atoms with Crippen molar-refractivity contribution in [3.05, 3.63) is 64.4 Å². The lowest BCUT2D eigenvalue weighted by molar-refractivity contribution is 0.190. The van der Waals surface area contributed by atoms with Gasteiger partial charge in [-0.1, -0.05) is 41.9 Å². The Kier molecular flexibility index (Phi) is 4.40. The summed E-state index contributed by atoms with van der Waals surface area (Å²) in [7, 11) is 0. The summed E-state index contributed by atoms with van der Waals surface area (Å²) in [5.41, 5.74) is 1.05. The zero-order chi connectivity index (χ0) is 13.8. The van der Waals surface area contributed by atoms with E-state index in [-0.39, 0.29) is 11.6 Å². The molecule has 100 valence electrons. The Morgan fingerprint density at radius 1 is 1.21 bits per heavy atom. The highest BCUT2D eigenvalue weighted by Gasteiger charge is 2.10. The van der Waals surface area contributed by atoms with Gasteiger partial charge in [-0.2, -0.15) is 0 Å². The predicted molar refractivity (Wildman–Crippen MR) is 72.8 cm³/mol. The Morgan fingerprint density at radius 2 is 1.95 bits per heavy atom. The van der Waals surface area contributed by atoms with Gasteiger partial charge in [-0.25, -0.2) is 4.39 Å². The average molecular weight is 281 g/mol. The van der Waals surface area contributed by atoms with Gasteiger partial charge in [0, 0.05) is 11.1 Å². The quantitative estimate of drug-likeness (QED) is 0.913. The van der Waals surface area contributed by atoms with Crippen LogP contribution in [-0.2, 0) is 6.61 Å². The van der Waals surface area contributed by atoms with E-state index in [2.05, 4.69) is 0 Å². The minimum absolute atomic E-state index is 0.0656. The lowest BCUT2D eigenvalue weighted by Crippen LogP contribution is -2.02. The van der Waals surface area contributed by atoms with E-state index in [1.807, 2.05) is 6.07 Å². The summed E-state index contributed by atoms with van der Waals surface area (Å²) >= 11 is 5.71. The highest BCUT2D eigenvalue weighted by Crippen LogP contribution is 2.26. The van der Waals surface area contributed by atoms with Crippen molar-refractivity contribution in [1.82, 2.24) is 0 Å². The number of para-hydroxylation sites is 1. The maximum atomic E-state index is 13.7. The number of rotatable bonds is 4. The number of aliphatic hydroxyl groups is 1. The normalized spacial score (nSPS) is 12.2. The van der Waals surface area contributed by atoms with E-state index in [0.29, 0.717) is 16.9 Å². The number of benzene rings is 2. The fraction of sp³-hybridized carbons (Fsp3) is 0.200. The maximum Gasteiger partial charge on any atom is 0.148 e. The number of hydrogen-bond donors (Lipinski definition) is 1. The molecule has 2 nitrogen and oxygen atoms in total. The summed E-state index contributed by atoms with van der Waals surface area (Å²) in [6, 6.07) is 11.9. The van der Waals surface area contributed by atoms with Crippen LogP contribution < -0.4 is 4.74 Å². The third kappa shape index (κ3) is 3.25. The summed E-state index contributed by atoms with van der Waals surface area (Å²) in [6.45, 7) is 1.72. The Hall–Kier alpha value is -1.58. The van der Waals surface area contributed by atoms with Crippen LogP contribution in [0.3, 0.4) is 0 Å². The molecule has 1 unspecified atom stereocenters. The summed E-state index contributed by atoms with van der Waals surface area (Å²) in [5, 5.41) is 9.70. The number of aliphatic hydroxyl groups excluding tert-OH is 1. The molecule has 0 heterocycles. The molecule has 4 heteroatoms. The molecule has 0 amide bonds. The lowest BCUT2D eigenvalue weighted by Gasteiger charge is -2.13. The fourth-order valence-electron chi connectivity index (χ4n) is 1.77. The second-order valence-corrected chi connectivity index (χ2v) is 4.62. The smallest absolute Gasteiger partial charge is 0.148 e. The summed E-state index contributed by atoms with van der Waals surface area (Å²) < 4.78 is 19.3. The van der Waals surface area contributed by atoms with Crippen molar-refractivity contribution in [2.24, 2.45) is 0 Å². The zero-order valence-electron chi connectivity index (χ0n) is 10.4. The third-order valence-electron chi connectivity index (χ3n) is 2.78. The van der Waals surface area contributed by atoms with E-state index in [9.17, 15) is 9.50 Å². The standard InChI is InChI=1S/C15H14ClFO2/c1-10(18)12-6-2-3-8-14(12)19-9-11-5-4-7-13(16)15(11)17/h2-8,10,18H,9H2,1H3. The first-order valence-corrected chi connectivity index (χ1v) is 6.30. The van der Waals surface area contributed by atoms with Gasteiger partial charge in [0.05, 0.1) is 11.1 Å². The molecular formula is C15H14ClFO2. The van der Waals surface area contributed by atoms with Crippen LogP contribution in [0.25, 0.3) is 0 Å². The molecule has 0 bridgehead atoms. The van der Waals surface area contributed by atoms with Crippen molar-refractivity contribution in [3.63, 3.8) is 0 Å². The molecule has 0 fully saturated rings. The second-order valence-electron chi connectivity index (χ2n) is 4.22. The molecule has 0 aliphatic rings. The first-order chi connectivity index (χ1) is 9.09. The van der Waals surface area contributed by atoms with Crippen molar-refractivity contribution < 1.29 is 14.2 Å². The largest absolute Gasteiger partial charge is 0.488 e. The Balaban J connectivity index is 2.17. The van der Waals surface area contributed by atoms with E-state index < -0.39 is 11.9 Å². The van der Waals surface area contributed by atoms with Gasteiger partial charge in [0.15, 0.2) is 0 Å². The van der Waals surface area contributed by atoms with Gasteiger partial charge in [-0.05, 0) is 19.1 Å². The van der Waals surface area contributed by atoms with Gasteiger partial charge in [0.1, 0.15) is 18.2 Å². The maximum absolute atomic E-state index is 13.7. The summed E-state index contributed by atoms with van der Waals surface area (Å²) in [4.78, 5) is 0. The van der Waals surface area contributed by atoms with Crippen LogP contribution in [0.4, 0.5) is 4.39 Å². The van der Waals surface area contributed by atoms with Crippen LogP contribution >= 0.6 is 11.6 Å². The molecule has 0 spiro atoms. The van der Waals surface area contributed by atoms with Crippen molar-refractivity contribution in [3.8, 4) is 5.75 Å². The molecular weight excluding hydrogens is 267 g/mol. The van der Waals surface area contributed by atoms with Crippen LogP contribution in [0.1, 0.15) is 24.2 Å². The molecule has 2 aromatic rings. The summed E-state index contributed by atoms with van der Waals surface area (Å²) in [6.07, 6.45) is -0.639. The molecule has 0 radical (unpaired) electrons. The predicted octanol–water partition coefficient (Wildman–Crippen LogP) is 4.11. The van der Waals surface area contributed by atoms with Gasteiger partial charge in [-0.15, -0.1) is 0 Å². The second kappa shape index (κ2) is 6.04. The zero-order valence-corrected chi connectivity index (χ0v) is 11.2. The SMILES string of the molecule is CC(O)c1ccccc1OCc1cccc(Cl)c1F. The van der Waals surface area contributed by atoms with Crippen LogP contribution in [0.2, 0.25) is 5.02 Å². The molecule has 0 saturated heterocycles. The summed E-state index contributed by atoms with van der Waals surface area (Å²) in [5.74, 6) is 0.0653. The molecule has 0 aliphatic carbocycles. The first-order valence-electron chi connectivity index (χ1n) is 5.92. The first kappa shape index (κ1) is 13.8. The number of ether oxygens (including phenoxy) is 1. The van der Waals surface area contributed by atoms with Crippen molar-refractivity contribution in [2.75, 3.05) is 0 Å². The number of halogens is 2.